The van der Waals surface area contributed by atoms with Crippen molar-refractivity contribution >= 4 is 54.3 Å². The van der Waals surface area contributed by atoms with Gasteiger partial charge in [-0.05, 0) is 72.8 Å². The molecule has 146 valence electrons. The van der Waals surface area contributed by atoms with Crippen molar-refractivity contribution in [2.24, 2.45) is 0 Å². The molecular formula is C24H16Br2N4. The van der Waals surface area contributed by atoms with Crippen molar-refractivity contribution in [3.63, 3.8) is 0 Å². The number of anilines is 2. The Morgan fingerprint density at radius 3 is 2.20 bits per heavy atom. The minimum absolute atomic E-state index is 0.411. The highest BCUT2D eigenvalue weighted by Crippen LogP contribution is 2.30. The van der Waals surface area contributed by atoms with E-state index in [0.717, 1.165) is 48.4 Å². The first-order chi connectivity index (χ1) is 14.6. The van der Waals surface area contributed by atoms with E-state index in [1.54, 1.807) is 0 Å². The van der Waals surface area contributed by atoms with Crippen LogP contribution in [0.4, 0.5) is 11.4 Å². The summed E-state index contributed by atoms with van der Waals surface area (Å²) in [5, 5.41) is 12.4. The quantitative estimate of drug-likeness (QED) is 0.255. The van der Waals surface area contributed by atoms with Crippen LogP contribution in [0.1, 0.15) is 0 Å². The zero-order chi connectivity index (χ0) is 20.7. The summed E-state index contributed by atoms with van der Waals surface area (Å²) in [6.07, 6.45) is 0. The van der Waals surface area contributed by atoms with Crippen molar-refractivity contribution in [2.45, 2.75) is 0 Å². The predicted molar refractivity (Wildman–Crippen MR) is 129 cm³/mol. The van der Waals surface area contributed by atoms with E-state index >= 15 is 0 Å². The van der Waals surface area contributed by atoms with Crippen LogP contribution in [0.25, 0.3) is 28.1 Å². The maximum atomic E-state index is 8.63. The third kappa shape index (κ3) is 3.53. The Kier molecular flexibility index (Phi) is 4.89. The number of benzene rings is 4. The smallest absolute Gasteiger partial charge is 0.0900 e. The first-order valence-electron chi connectivity index (χ1n) is 9.37. The van der Waals surface area contributed by atoms with Crippen molar-refractivity contribution in [3.05, 3.63) is 99.2 Å². The van der Waals surface area contributed by atoms with E-state index in [-0.39, 0.29) is 0 Å². The molecule has 0 saturated carbocycles. The number of aromatic nitrogens is 2. The van der Waals surface area contributed by atoms with Crippen LogP contribution in [-0.2, 0) is 0 Å². The minimum Gasteiger partial charge on any atom is -0.354 e. The van der Waals surface area contributed by atoms with Gasteiger partial charge in [-0.2, -0.15) is 0 Å². The standard InChI is InChI=1S/C24H16Br2N4/c25-15-5-9-17(10-6-15)28-21-14-22-24(13-19(21)27)30(18-11-7-16(26)8-12-18)23-4-2-1-3-20(23)29-22/h1-14,27-28H. The Balaban J connectivity index is 1.74. The van der Waals surface area contributed by atoms with Gasteiger partial charge >= 0.3 is 0 Å². The second kappa shape index (κ2) is 7.70. The first kappa shape index (κ1) is 19.0. The van der Waals surface area contributed by atoms with Crippen molar-refractivity contribution in [1.29, 1.82) is 5.41 Å². The van der Waals surface area contributed by atoms with E-state index in [4.69, 9.17) is 10.4 Å². The highest BCUT2D eigenvalue weighted by Gasteiger charge is 2.16. The number of fused-ring (bicyclic) bond motifs is 2. The summed E-state index contributed by atoms with van der Waals surface area (Å²) in [6, 6.07) is 28.0. The lowest BCUT2D eigenvalue weighted by molar-refractivity contribution is 1.07. The number of para-hydroxylation sites is 2. The van der Waals surface area contributed by atoms with Crippen molar-refractivity contribution in [1.82, 2.24) is 9.55 Å². The van der Waals surface area contributed by atoms with Gasteiger partial charge < -0.3 is 9.88 Å². The van der Waals surface area contributed by atoms with Gasteiger partial charge in [0.25, 0.3) is 0 Å². The van der Waals surface area contributed by atoms with E-state index in [1.807, 2.05) is 66.7 Å². The molecule has 0 aromatic heterocycles. The van der Waals surface area contributed by atoms with E-state index in [2.05, 4.69) is 59.9 Å². The molecule has 2 N–H and O–H groups in total. The van der Waals surface area contributed by atoms with Crippen LogP contribution in [-0.4, -0.2) is 9.55 Å². The molecule has 30 heavy (non-hydrogen) atoms. The Hall–Kier alpha value is -2.96. The second-order valence-electron chi connectivity index (χ2n) is 6.93. The van der Waals surface area contributed by atoms with Gasteiger partial charge in [0.15, 0.2) is 0 Å². The van der Waals surface area contributed by atoms with Gasteiger partial charge in [-0.15, -0.1) is 0 Å². The predicted octanol–water partition coefficient (Wildman–Crippen LogP) is 6.88. The van der Waals surface area contributed by atoms with Gasteiger partial charge in [0.1, 0.15) is 0 Å². The van der Waals surface area contributed by atoms with Gasteiger partial charge in [-0.3, -0.25) is 5.41 Å². The fourth-order valence-electron chi connectivity index (χ4n) is 3.51. The zero-order valence-electron chi connectivity index (χ0n) is 15.7. The summed E-state index contributed by atoms with van der Waals surface area (Å²) in [6.45, 7) is 0. The van der Waals surface area contributed by atoms with Crippen molar-refractivity contribution < 1.29 is 0 Å². The van der Waals surface area contributed by atoms with Crippen LogP contribution < -0.4 is 10.7 Å². The molecule has 4 nitrogen and oxygen atoms in total. The molecule has 0 fully saturated rings. The molecule has 6 heteroatoms. The van der Waals surface area contributed by atoms with Crippen LogP contribution in [0.5, 0.6) is 0 Å². The molecule has 3 aromatic rings. The summed E-state index contributed by atoms with van der Waals surface area (Å²) in [5.74, 6) is 0. The number of hydrogen-bond donors (Lipinski definition) is 2. The molecule has 0 atom stereocenters. The topological polar surface area (TPSA) is 53.7 Å². The lowest BCUT2D eigenvalue weighted by atomic mass is 10.1. The van der Waals surface area contributed by atoms with Crippen LogP contribution in [0.3, 0.4) is 0 Å². The van der Waals surface area contributed by atoms with E-state index in [1.165, 1.54) is 0 Å². The third-order valence-corrected chi connectivity index (χ3v) is 5.98. The summed E-state index contributed by atoms with van der Waals surface area (Å²) in [7, 11) is 0. The molecule has 1 aliphatic heterocycles. The average Bonchev–Trinajstić information content (AvgIpc) is 2.75. The normalized spacial score (nSPS) is 11.1. The molecule has 0 unspecified atom stereocenters. The summed E-state index contributed by atoms with van der Waals surface area (Å²) < 4.78 is 4.20. The van der Waals surface area contributed by atoms with E-state index < -0.39 is 0 Å². The Morgan fingerprint density at radius 1 is 0.800 bits per heavy atom. The highest BCUT2D eigenvalue weighted by atomic mass is 79.9. The average molecular weight is 520 g/mol. The first-order valence-corrected chi connectivity index (χ1v) is 11.0. The van der Waals surface area contributed by atoms with Crippen LogP contribution in [0, 0.1) is 5.41 Å². The van der Waals surface area contributed by atoms with Crippen molar-refractivity contribution in [2.75, 3.05) is 5.32 Å². The minimum atomic E-state index is 0.411. The van der Waals surface area contributed by atoms with Crippen LogP contribution in [0.15, 0.2) is 93.9 Å². The lowest BCUT2D eigenvalue weighted by Crippen LogP contribution is -2.13. The van der Waals surface area contributed by atoms with Gasteiger partial charge in [0.05, 0.1) is 33.5 Å². The second-order valence-corrected chi connectivity index (χ2v) is 8.76. The molecule has 1 aliphatic carbocycles. The summed E-state index contributed by atoms with van der Waals surface area (Å²) in [4.78, 5) is 4.88. The summed E-state index contributed by atoms with van der Waals surface area (Å²) in [5.41, 5.74) is 6.28. The molecule has 0 amide bonds. The molecule has 3 aromatic carbocycles. The Morgan fingerprint density at radius 2 is 1.47 bits per heavy atom. The molecule has 1 heterocycles. The number of nitrogens with zero attached hydrogens (tertiary/aromatic N) is 2. The lowest BCUT2D eigenvalue weighted by Gasteiger charge is -2.20. The maximum absolute atomic E-state index is 8.63. The molecule has 0 radical (unpaired) electrons. The molecule has 0 bridgehead atoms. The highest BCUT2D eigenvalue weighted by molar-refractivity contribution is 9.10. The number of nitrogens with one attached hydrogen (secondary N) is 2. The van der Waals surface area contributed by atoms with Gasteiger partial charge in [0, 0.05) is 20.3 Å². The Bertz CT molecular complexity index is 1390. The monoisotopic (exact) mass is 518 g/mol. The molecular weight excluding hydrogens is 504 g/mol. The fourth-order valence-corrected chi connectivity index (χ4v) is 4.04. The molecule has 0 spiro atoms. The third-order valence-electron chi connectivity index (χ3n) is 4.93. The SMILES string of the molecule is N=c1cc2n(-c3ccc(Br)cc3)c3ccccc3nc-2cc1Nc1ccc(Br)cc1. The van der Waals surface area contributed by atoms with Gasteiger partial charge in [0.2, 0.25) is 0 Å². The zero-order valence-corrected chi connectivity index (χ0v) is 18.9. The van der Waals surface area contributed by atoms with Crippen molar-refractivity contribution in [3.8, 4) is 17.1 Å². The maximum Gasteiger partial charge on any atom is 0.0900 e. The fraction of sp³-hybridized carbons (Fsp3) is 0. The van der Waals surface area contributed by atoms with E-state index in [0.29, 0.717) is 5.36 Å². The van der Waals surface area contributed by atoms with E-state index in [9.17, 15) is 0 Å². The molecule has 5 rings (SSSR count). The van der Waals surface area contributed by atoms with Crippen LogP contribution >= 0.6 is 31.9 Å². The number of hydrogen-bond acceptors (Lipinski definition) is 3. The van der Waals surface area contributed by atoms with Gasteiger partial charge in [-0.25, -0.2) is 4.98 Å². The molecule has 0 saturated heterocycles. The van der Waals surface area contributed by atoms with Gasteiger partial charge in [-0.1, -0.05) is 44.0 Å². The van der Waals surface area contributed by atoms with Crippen LogP contribution in [0.2, 0.25) is 0 Å². The number of halogens is 2. The largest absolute Gasteiger partial charge is 0.354 e. The Labute approximate surface area is 190 Å². The molecule has 2 aliphatic rings. The summed E-state index contributed by atoms with van der Waals surface area (Å²) >= 11 is 6.97. The number of rotatable bonds is 3.